The zero-order valence-electron chi connectivity index (χ0n) is 13.3. The Morgan fingerprint density at radius 1 is 1.04 bits per heavy atom. The van der Waals surface area contributed by atoms with E-state index in [1.165, 1.54) is 0 Å². The van der Waals surface area contributed by atoms with Crippen LogP contribution in [0.5, 0.6) is 0 Å². The van der Waals surface area contributed by atoms with E-state index in [4.69, 9.17) is 0 Å². The van der Waals surface area contributed by atoms with Crippen LogP contribution in [0.4, 0.5) is 5.82 Å². The molecule has 0 saturated carbocycles. The normalized spacial score (nSPS) is 14.3. The van der Waals surface area contributed by atoms with Crippen molar-refractivity contribution in [1.82, 2.24) is 20.2 Å². The Morgan fingerprint density at radius 3 is 2.54 bits per heavy atom. The van der Waals surface area contributed by atoms with Gasteiger partial charge in [-0.3, -0.25) is 14.6 Å². The molecule has 1 saturated heterocycles. The minimum Gasteiger partial charge on any atom is -0.353 e. The summed E-state index contributed by atoms with van der Waals surface area (Å²) in [4.78, 5) is 36.2. The van der Waals surface area contributed by atoms with Crippen LogP contribution in [0.15, 0.2) is 48.9 Å². The SMILES string of the molecule is O=C(NCc1cccnc1)C(=O)N1CCN(c2ccccn2)CC1. The Morgan fingerprint density at radius 2 is 1.88 bits per heavy atom. The lowest BCUT2D eigenvalue weighted by Gasteiger charge is -2.34. The average Bonchev–Trinajstić information content (AvgIpc) is 2.67. The van der Waals surface area contributed by atoms with Crippen molar-refractivity contribution in [2.24, 2.45) is 0 Å². The second kappa shape index (κ2) is 7.54. The number of pyridine rings is 2. The third kappa shape index (κ3) is 3.87. The first-order chi connectivity index (χ1) is 11.7. The highest BCUT2D eigenvalue weighted by atomic mass is 16.2. The Kier molecular flexibility index (Phi) is 5.00. The van der Waals surface area contributed by atoms with Gasteiger partial charge in [-0.1, -0.05) is 12.1 Å². The van der Waals surface area contributed by atoms with Crippen LogP contribution in [-0.2, 0) is 16.1 Å². The lowest BCUT2D eigenvalue weighted by atomic mass is 10.2. The van der Waals surface area contributed by atoms with Crippen molar-refractivity contribution >= 4 is 17.6 Å². The smallest absolute Gasteiger partial charge is 0.312 e. The molecule has 7 nitrogen and oxygen atoms in total. The molecule has 7 heteroatoms. The number of hydrogen-bond acceptors (Lipinski definition) is 5. The van der Waals surface area contributed by atoms with Gasteiger partial charge in [0.25, 0.3) is 0 Å². The lowest BCUT2D eigenvalue weighted by Crippen LogP contribution is -2.52. The summed E-state index contributed by atoms with van der Waals surface area (Å²) in [5.41, 5.74) is 0.860. The van der Waals surface area contributed by atoms with E-state index in [1.807, 2.05) is 24.3 Å². The number of anilines is 1. The molecule has 1 aliphatic rings. The van der Waals surface area contributed by atoms with Gasteiger partial charge in [-0.2, -0.15) is 0 Å². The Balaban J connectivity index is 1.48. The number of hydrogen-bond donors (Lipinski definition) is 1. The minimum atomic E-state index is -0.579. The molecule has 0 spiro atoms. The van der Waals surface area contributed by atoms with Crippen molar-refractivity contribution in [2.45, 2.75) is 6.54 Å². The average molecular weight is 325 g/mol. The van der Waals surface area contributed by atoms with Crippen molar-refractivity contribution in [2.75, 3.05) is 31.1 Å². The van der Waals surface area contributed by atoms with Gasteiger partial charge in [-0.25, -0.2) is 4.98 Å². The molecule has 0 atom stereocenters. The predicted molar refractivity (Wildman–Crippen MR) is 89.1 cm³/mol. The quantitative estimate of drug-likeness (QED) is 0.829. The van der Waals surface area contributed by atoms with Crippen LogP contribution < -0.4 is 10.2 Å². The molecule has 0 unspecified atom stereocenters. The fourth-order valence-electron chi connectivity index (χ4n) is 2.58. The van der Waals surface area contributed by atoms with Gasteiger partial charge < -0.3 is 15.1 Å². The Labute approximate surface area is 140 Å². The highest BCUT2D eigenvalue weighted by molar-refractivity contribution is 6.35. The molecule has 24 heavy (non-hydrogen) atoms. The van der Waals surface area contributed by atoms with Crippen molar-refractivity contribution in [1.29, 1.82) is 0 Å². The molecule has 0 bridgehead atoms. The van der Waals surface area contributed by atoms with E-state index in [-0.39, 0.29) is 0 Å². The van der Waals surface area contributed by atoms with Crippen LogP contribution in [0.3, 0.4) is 0 Å². The maximum absolute atomic E-state index is 12.2. The number of carbonyl (C=O) groups is 2. The topological polar surface area (TPSA) is 78.4 Å². The van der Waals surface area contributed by atoms with Gasteiger partial charge in [0.2, 0.25) is 0 Å². The predicted octanol–water partition coefficient (Wildman–Crippen LogP) is 0.442. The Hall–Kier alpha value is -2.96. The summed E-state index contributed by atoms with van der Waals surface area (Å²) in [6.45, 7) is 2.65. The molecular formula is C17H19N5O2. The zero-order valence-corrected chi connectivity index (χ0v) is 13.3. The van der Waals surface area contributed by atoms with Crippen LogP contribution in [-0.4, -0.2) is 52.9 Å². The Bertz CT molecular complexity index is 685. The van der Waals surface area contributed by atoms with Crippen LogP contribution in [0, 0.1) is 0 Å². The first-order valence-corrected chi connectivity index (χ1v) is 7.86. The highest BCUT2D eigenvalue weighted by Crippen LogP contribution is 2.12. The summed E-state index contributed by atoms with van der Waals surface area (Å²) < 4.78 is 0. The first-order valence-electron chi connectivity index (χ1n) is 7.86. The fraction of sp³-hybridized carbons (Fsp3) is 0.294. The molecule has 0 aromatic carbocycles. The van der Waals surface area contributed by atoms with E-state index >= 15 is 0 Å². The number of carbonyl (C=O) groups excluding carboxylic acids is 2. The van der Waals surface area contributed by atoms with Gasteiger partial charge in [0.05, 0.1) is 0 Å². The van der Waals surface area contributed by atoms with Crippen LogP contribution in [0.2, 0.25) is 0 Å². The van der Waals surface area contributed by atoms with Gasteiger partial charge >= 0.3 is 11.8 Å². The third-order valence-electron chi connectivity index (χ3n) is 3.91. The van der Waals surface area contributed by atoms with Crippen LogP contribution >= 0.6 is 0 Å². The summed E-state index contributed by atoms with van der Waals surface area (Å²) in [5.74, 6) is -0.171. The monoisotopic (exact) mass is 325 g/mol. The van der Waals surface area contributed by atoms with Crippen molar-refractivity contribution in [3.63, 3.8) is 0 Å². The summed E-state index contributed by atoms with van der Waals surface area (Å²) in [7, 11) is 0. The van der Waals surface area contributed by atoms with E-state index in [1.54, 1.807) is 29.6 Å². The zero-order chi connectivity index (χ0) is 16.8. The van der Waals surface area contributed by atoms with Gasteiger partial charge in [-0.15, -0.1) is 0 Å². The van der Waals surface area contributed by atoms with E-state index < -0.39 is 11.8 Å². The summed E-state index contributed by atoms with van der Waals surface area (Å²) in [6, 6.07) is 9.39. The molecule has 3 rings (SSSR count). The fourth-order valence-corrected chi connectivity index (χ4v) is 2.58. The second-order valence-corrected chi connectivity index (χ2v) is 5.51. The molecule has 1 aliphatic heterocycles. The van der Waals surface area contributed by atoms with Crippen molar-refractivity contribution < 1.29 is 9.59 Å². The summed E-state index contributed by atoms with van der Waals surface area (Å²) >= 11 is 0. The van der Waals surface area contributed by atoms with Crippen LogP contribution in [0.1, 0.15) is 5.56 Å². The minimum absolute atomic E-state index is 0.298. The number of piperazine rings is 1. The number of rotatable bonds is 3. The number of aromatic nitrogens is 2. The van der Waals surface area contributed by atoms with E-state index in [0.29, 0.717) is 32.7 Å². The lowest BCUT2D eigenvalue weighted by molar-refractivity contribution is -0.146. The van der Waals surface area contributed by atoms with Gasteiger partial charge in [0, 0.05) is 51.3 Å². The van der Waals surface area contributed by atoms with E-state index in [2.05, 4.69) is 20.2 Å². The second-order valence-electron chi connectivity index (χ2n) is 5.51. The van der Waals surface area contributed by atoms with E-state index in [0.717, 1.165) is 11.4 Å². The molecule has 1 fully saturated rings. The standard InChI is InChI=1S/C17H19N5O2/c23-16(20-13-14-4-3-6-18-12-14)17(24)22-10-8-21(9-11-22)15-5-1-2-7-19-15/h1-7,12H,8-11,13H2,(H,20,23). The van der Waals surface area contributed by atoms with E-state index in [9.17, 15) is 9.59 Å². The van der Waals surface area contributed by atoms with Gasteiger partial charge in [0.1, 0.15) is 5.82 Å². The highest BCUT2D eigenvalue weighted by Gasteiger charge is 2.26. The van der Waals surface area contributed by atoms with Crippen LogP contribution in [0.25, 0.3) is 0 Å². The maximum atomic E-state index is 12.2. The van der Waals surface area contributed by atoms with Crippen molar-refractivity contribution in [3.8, 4) is 0 Å². The molecule has 1 N–H and O–H groups in total. The molecular weight excluding hydrogens is 306 g/mol. The number of nitrogens with one attached hydrogen (secondary N) is 1. The number of amides is 2. The summed E-state index contributed by atoms with van der Waals surface area (Å²) in [5, 5.41) is 2.64. The first kappa shape index (κ1) is 15.9. The maximum Gasteiger partial charge on any atom is 0.312 e. The molecule has 3 heterocycles. The van der Waals surface area contributed by atoms with Gasteiger partial charge in [-0.05, 0) is 23.8 Å². The summed E-state index contributed by atoms with van der Waals surface area (Å²) in [6.07, 6.45) is 5.08. The molecule has 0 aliphatic carbocycles. The molecule has 124 valence electrons. The molecule has 0 radical (unpaired) electrons. The molecule has 2 aromatic heterocycles. The third-order valence-corrected chi connectivity index (χ3v) is 3.91. The number of nitrogens with zero attached hydrogens (tertiary/aromatic N) is 4. The molecule has 2 aromatic rings. The van der Waals surface area contributed by atoms with Gasteiger partial charge in [0.15, 0.2) is 0 Å². The molecule has 2 amide bonds. The van der Waals surface area contributed by atoms with Crippen molar-refractivity contribution in [3.05, 3.63) is 54.5 Å². The largest absolute Gasteiger partial charge is 0.353 e.